The zero-order valence-corrected chi connectivity index (χ0v) is 14.7. The van der Waals surface area contributed by atoms with Gasteiger partial charge in [-0.1, -0.05) is 11.8 Å². The van der Waals surface area contributed by atoms with E-state index in [1.54, 1.807) is 18.3 Å². The number of rotatable bonds is 4. The molecule has 1 aromatic carbocycles. The fraction of sp³-hybridized carbons (Fsp3) is 0.154. The molecular formula is C13H14BrN3O2S2. The highest BCUT2D eigenvalue weighted by Gasteiger charge is 2.18. The van der Waals surface area contributed by atoms with Crippen molar-refractivity contribution in [3.8, 4) is 0 Å². The monoisotopic (exact) mass is 387 g/mol. The lowest BCUT2D eigenvalue weighted by Gasteiger charge is -2.13. The van der Waals surface area contributed by atoms with Crippen molar-refractivity contribution in [1.82, 2.24) is 9.29 Å². The van der Waals surface area contributed by atoms with Gasteiger partial charge < -0.3 is 5.73 Å². The summed E-state index contributed by atoms with van der Waals surface area (Å²) in [5.41, 5.74) is 6.37. The van der Waals surface area contributed by atoms with Crippen LogP contribution in [0.25, 0.3) is 0 Å². The van der Waals surface area contributed by atoms with Crippen molar-refractivity contribution in [3.63, 3.8) is 0 Å². The van der Waals surface area contributed by atoms with Gasteiger partial charge in [0.1, 0.15) is 5.03 Å². The molecule has 0 unspecified atom stereocenters. The van der Waals surface area contributed by atoms with Gasteiger partial charge in [-0.25, -0.2) is 17.7 Å². The first kappa shape index (κ1) is 16.3. The number of pyridine rings is 1. The molecule has 8 heteroatoms. The highest BCUT2D eigenvalue weighted by molar-refractivity contribution is 9.10. The molecule has 0 aliphatic rings. The van der Waals surface area contributed by atoms with E-state index in [1.807, 2.05) is 12.1 Å². The van der Waals surface area contributed by atoms with Crippen molar-refractivity contribution < 1.29 is 8.42 Å². The zero-order valence-electron chi connectivity index (χ0n) is 11.4. The van der Waals surface area contributed by atoms with Crippen molar-refractivity contribution in [3.05, 3.63) is 41.0 Å². The van der Waals surface area contributed by atoms with Crippen molar-refractivity contribution in [2.75, 3.05) is 19.8 Å². The normalized spacial score (nSPS) is 11.8. The summed E-state index contributed by atoms with van der Waals surface area (Å²) in [4.78, 5) is 5.18. The number of hydrogen-bond donors (Lipinski definition) is 1. The standard InChI is InChI=1S/C13H14BrN3O2S2/c1-17(2)21(18,19)9-5-6-12(11(15)8-9)20-13-10(14)4-3-7-16-13/h3-8H,15H2,1-2H3. The van der Waals surface area contributed by atoms with Gasteiger partial charge in [-0.3, -0.25) is 0 Å². The van der Waals surface area contributed by atoms with Crippen LogP contribution in [0, 0.1) is 0 Å². The third-order valence-electron chi connectivity index (χ3n) is 2.69. The van der Waals surface area contributed by atoms with Gasteiger partial charge in [0, 0.05) is 30.9 Å². The molecule has 0 aliphatic heterocycles. The smallest absolute Gasteiger partial charge is 0.242 e. The summed E-state index contributed by atoms with van der Waals surface area (Å²) < 4.78 is 26.1. The fourth-order valence-electron chi connectivity index (χ4n) is 1.54. The van der Waals surface area contributed by atoms with Gasteiger partial charge in [0.25, 0.3) is 0 Å². The molecule has 1 aromatic heterocycles. The van der Waals surface area contributed by atoms with Crippen molar-refractivity contribution in [1.29, 1.82) is 0 Å². The average Bonchev–Trinajstić information content (AvgIpc) is 2.43. The molecule has 0 aliphatic carbocycles. The van der Waals surface area contributed by atoms with E-state index in [0.717, 1.165) is 18.7 Å². The topological polar surface area (TPSA) is 76.3 Å². The summed E-state index contributed by atoms with van der Waals surface area (Å²) in [5, 5.41) is 0.771. The van der Waals surface area contributed by atoms with E-state index in [0.29, 0.717) is 5.69 Å². The number of nitrogens with two attached hydrogens (primary N) is 1. The lowest BCUT2D eigenvalue weighted by Crippen LogP contribution is -2.22. The highest BCUT2D eigenvalue weighted by Crippen LogP contribution is 2.35. The molecule has 0 atom stereocenters. The van der Waals surface area contributed by atoms with Crippen LogP contribution >= 0.6 is 27.7 Å². The molecule has 1 heterocycles. The molecule has 0 bridgehead atoms. The molecule has 2 N–H and O–H groups in total. The third kappa shape index (κ3) is 3.57. The van der Waals surface area contributed by atoms with E-state index in [1.165, 1.54) is 31.9 Å². The Morgan fingerprint density at radius 3 is 2.57 bits per heavy atom. The largest absolute Gasteiger partial charge is 0.398 e. The summed E-state index contributed by atoms with van der Waals surface area (Å²) in [5.74, 6) is 0. The maximum absolute atomic E-state index is 12.1. The van der Waals surface area contributed by atoms with E-state index in [-0.39, 0.29) is 4.90 Å². The minimum Gasteiger partial charge on any atom is -0.398 e. The molecule has 0 saturated carbocycles. The molecule has 0 amide bonds. The molecule has 0 spiro atoms. The van der Waals surface area contributed by atoms with Crippen LogP contribution in [-0.2, 0) is 10.0 Å². The van der Waals surface area contributed by atoms with E-state index < -0.39 is 10.0 Å². The summed E-state index contributed by atoms with van der Waals surface area (Å²) in [6.45, 7) is 0. The second-order valence-corrected chi connectivity index (χ2v) is 8.42. The van der Waals surface area contributed by atoms with Crippen molar-refractivity contribution in [2.24, 2.45) is 0 Å². The average molecular weight is 388 g/mol. The molecule has 5 nitrogen and oxygen atoms in total. The van der Waals surface area contributed by atoms with Crippen molar-refractivity contribution >= 4 is 43.4 Å². The summed E-state index contributed by atoms with van der Waals surface area (Å²) in [6.07, 6.45) is 1.69. The van der Waals surface area contributed by atoms with Gasteiger partial charge in [0.15, 0.2) is 0 Å². The lowest BCUT2D eigenvalue weighted by atomic mass is 10.3. The number of nitrogens with zero attached hydrogens (tertiary/aromatic N) is 2. The van der Waals surface area contributed by atoms with Gasteiger partial charge in [-0.05, 0) is 46.3 Å². The summed E-state index contributed by atoms with van der Waals surface area (Å²) in [7, 11) is -0.507. The van der Waals surface area contributed by atoms with Crippen LogP contribution in [0.15, 0.2) is 55.8 Å². The Morgan fingerprint density at radius 2 is 2.00 bits per heavy atom. The van der Waals surface area contributed by atoms with Crippen LogP contribution in [0.5, 0.6) is 0 Å². The van der Waals surface area contributed by atoms with Crippen LogP contribution in [-0.4, -0.2) is 31.8 Å². The Labute approximate surface area is 136 Å². The summed E-state index contributed by atoms with van der Waals surface area (Å²) in [6, 6.07) is 8.41. The molecule has 2 aromatic rings. The lowest BCUT2D eigenvalue weighted by molar-refractivity contribution is 0.520. The van der Waals surface area contributed by atoms with E-state index in [2.05, 4.69) is 20.9 Å². The number of hydrogen-bond acceptors (Lipinski definition) is 5. The Hall–Kier alpha value is -1.09. The van der Waals surface area contributed by atoms with E-state index >= 15 is 0 Å². The number of benzene rings is 1. The van der Waals surface area contributed by atoms with Crippen LogP contribution in [0.3, 0.4) is 0 Å². The molecule has 0 fully saturated rings. The highest BCUT2D eigenvalue weighted by atomic mass is 79.9. The number of nitrogen functional groups attached to an aromatic ring is 1. The van der Waals surface area contributed by atoms with Gasteiger partial charge >= 0.3 is 0 Å². The quantitative estimate of drug-likeness (QED) is 0.816. The molecule has 0 radical (unpaired) electrons. The maximum atomic E-state index is 12.1. The number of aromatic nitrogens is 1. The number of sulfonamides is 1. The number of anilines is 1. The second kappa shape index (κ2) is 6.35. The molecule has 0 saturated heterocycles. The molecule has 2 rings (SSSR count). The first-order valence-corrected chi connectivity index (χ1v) is 8.98. The van der Waals surface area contributed by atoms with Crippen LogP contribution in [0.2, 0.25) is 0 Å². The predicted octanol–water partition coefficient (Wildman–Crippen LogP) is 2.83. The van der Waals surface area contributed by atoms with Gasteiger partial charge in [-0.2, -0.15) is 0 Å². The first-order valence-electron chi connectivity index (χ1n) is 5.93. The first-order chi connectivity index (χ1) is 9.82. The minimum atomic E-state index is -3.48. The third-order valence-corrected chi connectivity index (χ3v) is 6.51. The van der Waals surface area contributed by atoms with Crippen LogP contribution in [0.1, 0.15) is 0 Å². The Morgan fingerprint density at radius 1 is 1.29 bits per heavy atom. The van der Waals surface area contributed by atoms with Gasteiger partial charge in [0.2, 0.25) is 10.0 Å². The second-order valence-electron chi connectivity index (χ2n) is 4.38. The van der Waals surface area contributed by atoms with Crippen LogP contribution in [0.4, 0.5) is 5.69 Å². The molecule has 21 heavy (non-hydrogen) atoms. The zero-order chi connectivity index (χ0) is 15.6. The molecule has 112 valence electrons. The van der Waals surface area contributed by atoms with Gasteiger partial charge in [-0.15, -0.1) is 0 Å². The SMILES string of the molecule is CN(C)S(=O)(=O)c1ccc(Sc2ncccc2Br)c(N)c1. The maximum Gasteiger partial charge on any atom is 0.242 e. The Kier molecular flexibility index (Phi) is 4.92. The Balaban J connectivity index is 2.35. The molecular weight excluding hydrogens is 374 g/mol. The number of halogens is 1. The summed E-state index contributed by atoms with van der Waals surface area (Å²) >= 11 is 4.79. The predicted molar refractivity (Wildman–Crippen MR) is 87.8 cm³/mol. The fourth-order valence-corrected chi connectivity index (χ4v) is 3.78. The Bertz CT molecular complexity index is 764. The minimum absolute atomic E-state index is 0.175. The van der Waals surface area contributed by atoms with E-state index in [9.17, 15) is 8.42 Å². The van der Waals surface area contributed by atoms with E-state index in [4.69, 9.17) is 5.73 Å². The van der Waals surface area contributed by atoms with Crippen LogP contribution < -0.4 is 5.73 Å². The van der Waals surface area contributed by atoms with Crippen molar-refractivity contribution in [2.45, 2.75) is 14.8 Å². The van der Waals surface area contributed by atoms with Gasteiger partial charge in [0.05, 0.1) is 9.37 Å².